The van der Waals surface area contributed by atoms with Gasteiger partial charge in [-0.1, -0.05) is 116 Å². The minimum atomic E-state index is -1.70. The molecule has 10 atom stereocenters. The lowest BCUT2D eigenvalue weighted by atomic mass is 9.65. The summed E-state index contributed by atoms with van der Waals surface area (Å²) in [5.74, 6) is -4.52. The van der Waals surface area contributed by atoms with Gasteiger partial charge in [0.05, 0.1) is 30.7 Å². The van der Waals surface area contributed by atoms with Crippen molar-refractivity contribution in [3.05, 3.63) is 174 Å². The number of nitrogens with one attached hydrogen (secondary N) is 2. The first-order chi connectivity index (χ1) is 37.5. The summed E-state index contributed by atoms with van der Waals surface area (Å²) in [6.45, 7) is 4.03. The number of para-hydroxylation sites is 1. The molecule has 5 aliphatic rings. The van der Waals surface area contributed by atoms with E-state index < -0.39 is 83.4 Å². The number of ether oxygens (including phenoxy) is 5. The zero-order valence-electron chi connectivity index (χ0n) is 43.0. The molecule has 0 bridgehead atoms. The molecular formula is C60H63N5O12. The number of carbonyl (C=O) groups excluding carboxylic acids is 6. The van der Waals surface area contributed by atoms with Crippen molar-refractivity contribution in [1.82, 2.24) is 20.0 Å². The molecule has 77 heavy (non-hydrogen) atoms. The number of hydrogen-bond donors (Lipinski definition) is 3. The van der Waals surface area contributed by atoms with Crippen molar-refractivity contribution < 1.29 is 57.6 Å². The second kappa shape index (κ2) is 22.8. The molecule has 5 aromatic carbocycles. The number of anilines is 1. The summed E-state index contributed by atoms with van der Waals surface area (Å²) in [4.78, 5) is 92.6. The summed E-state index contributed by atoms with van der Waals surface area (Å²) < 4.78 is 30.1. The van der Waals surface area contributed by atoms with E-state index in [1.165, 1.54) is 11.0 Å². The van der Waals surface area contributed by atoms with E-state index in [1.807, 2.05) is 97.9 Å². The number of fused-ring (bicyclic) bond motifs is 4. The second-order valence-corrected chi connectivity index (χ2v) is 20.3. The predicted molar refractivity (Wildman–Crippen MR) is 282 cm³/mol. The van der Waals surface area contributed by atoms with Crippen LogP contribution in [0.25, 0.3) is 0 Å². The van der Waals surface area contributed by atoms with Crippen LogP contribution in [0.5, 0.6) is 11.5 Å². The maximum Gasteiger partial charge on any atom is 0.325 e. The van der Waals surface area contributed by atoms with Gasteiger partial charge in [-0.2, -0.15) is 0 Å². The number of hydrogen-bond acceptors (Lipinski definition) is 14. The number of esters is 3. The number of cyclic esters (lactones) is 1. The summed E-state index contributed by atoms with van der Waals surface area (Å²) in [6.07, 6.45) is 2.65. The van der Waals surface area contributed by atoms with Crippen molar-refractivity contribution in [2.45, 2.75) is 73.5 Å². The highest BCUT2D eigenvalue weighted by Gasteiger charge is 2.74. The number of nitrogens with zero attached hydrogens (tertiary/aromatic N) is 3. The molecule has 0 unspecified atom stereocenters. The lowest BCUT2D eigenvalue weighted by molar-refractivity contribution is -0.180. The SMILES string of the molecule is C=CCOC(=O)[C@H]1[C@@H]2C(=O)O[C@@H](c3ccccc3)[C@@H](c3ccccc3)N2[C@@H](c2ccc(OCCOC(=O)[C@@H]3C[C@@H]4C(=O)N[C@@H](CCCCN(C)C)C(=O)N4[C@@H]3c3cccc(OCCO)c3)cc2)[C@]12C(=O)Nc1ccccc12. The molecule has 4 fully saturated rings. The Morgan fingerprint density at radius 1 is 0.753 bits per heavy atom. The number of rotatable bonds is 20. The van der Waals surface area contributed by atoms with Crippen LogP contribution in [-0.2, 0) is 48.4 Å². The van der Waals surface area contributed by atoms with Crippen LogP contribution in [0.1, 0.15) is 77.7 Å². The molecule has 0 aromatic heterocycles. The fraction of sp³-hybridized carbons (Fsp3) is 0.367. The van der Waals surface area contributed by atoms with Gasteiger partial charge >= 0.3 is 17.9 Å². The lowest BCUT2D eigenvalue weighted by Gasteiger charge is -2.46. The molecule has 17 nitrogen and oxygen atoms in total. The summed E-state index contributed by atoms with van der Waals surface area (Å²) >= 11 is 0. The molecular weight excluding hydrogens is 983 g/mol. The Balaban J connectivity index is 0.930. The Hall–Kier alpha value is -7.86. The van der Waals surface area contributed by atoms with E-state index in [-0.39, 0.29) is 51.3 Å². The molecule has 3 N–H and O–H groups in total. The normalized spacial score (nSPS) is 26.3. The third-order valence-electron chi connectivity index (χ3n) is 15.5. The first-order valence-corrected chi connectivity index (χ1v) is 26.2. The summed E-state index contributed by atoms with van der Waals surface area (Å²) in [5, 5.41) is 15.4. The van der Waals surface area contributed by atoms with Crippen molar-refractivity contribution in [2.75, 3.05) is 59.0 Å². The van der Waals surface area contributed by atoms with E-state index in [4.69, 9.17) is 23.7 Å². The fourth-order valence-electron chi connectivity index (χ4n) is 12.3. The maximum absolute atomic E-state index is 15.2. The number of amides is 3. The molecule has 0 radical (unpaired) electrons. The smallest absolute Gasteiger partial charge is 0.325 e. The molecule has 5 aliphatic heterocycles. The zero-order valence-corrected chi connectivity index (χ0v) is 43.0. The number of benzene rings is 5. The van der Waals surface area contributed by atoms with E-state index in [9.17, 15) is 29.1 Å². The highest BCUT2D eigenvalue weighted by Crippen LogP contribution is 2.65. The largest absolute Gasteiger partial charge is 0.491 e. The summed E-state index contributed by atoms with van der Waals surface area (Å²) in [7, 11) is 3.96. The average molecular weight is 1050 g/mol. The minimum Gasteiger partial charge on any atom is -0.491 e. The highest BCUT2D eigenvalue weighted by molar-refractivity contribution is 6.11. The molecule has 4 saturated heterocycles. The molecule has 0 saturated carbocycles. The third kappa shape index (κ3) is 9.94. The van der Waals surface area contributed by atoms with Crippen molar-refractivity contribution >= 4 is 41.3 Å². The number of morpholine rings is 1. The van der Waals surface area contributed by atoms with E-state index in [1.54, 1.807) is 54.6 Å². The van der Waals surface area contributed by atoms with Crippen molar-refractivity contribution in [3.63, 3.8) is 0 Å². The molecule has 1 spiro atoms. The first-order valence-electron chi connectivity index (χ1n) is 26.2. The van der Waals surface area contributed by atoms with E-state index in [2.05, 4.69) is 22.1 Å². The molecule has 5 heterocycles. The van der Waals surface area contributed by atoms with Crippen LogP contribution in [0.2, 0.25) is 0 Å². The summed E-state index contributed by atoms with van der Waals surface area (Å²) in [6, 6.07) is 34.8. The molecule has 17 heteroatoms. The minimum absolute atomic E-state index is 0.0449. The van der Waals surface area contributed by atoms with Crippen molar-refractivity contribution in [2.24, 2.45) is 11.8 Å². The van der Waals surface area contributed by atoms with Crippen LogP contribution < -0.4 is 20.1 Å². The topological polar surface area (TPSA) is 203 Å². The quantitative estimate of drug-likeness (QED) is 0.0346. The van der Waals surface area contributed by atoms with Gasteiger partial charge in [0.15, 0.2) is 0 Å². The number of aliphatic hydroxyl groups is 1. The van der Waals surface area contributed by atoms with Crippen molar-refractivity contribution in [1.29, 1.82) is 0 Å². The number of piperazine rings is 1. The van der Waals surface area contributed by atoms with E-state index in [0.717, 1.165) is 30.5 Å². The monoisotopic (exact) mass is 1050 g/mol. The Labute approximate surface area is 447 Å². The molecule has 10 rings (SSSR count). The predicted octanol–water partition coefficient (Wildman–Crippen LogP) is 6.17. The van der Waals surface area contributed by atoms with Gasteiger partial charge in [-0.25, -0.2) is 0 Å². The first kappa shape index (κ1) is 52.6. The van der Waals surface area contributed by atoms with Crippen LogP contribution in [0, 0.1) is 11.8 Å². The van der Waals surface area contributed by atoms with Crippen molar-refractivity contribution in [3.8, 4) is 11.5 Å². The second-order valence-electron chi connectivity index (χ2n) is 20.3. The maximum atomic E-state index is 15.2. The van der Waals surface area contributed by atoms with Gasteiger partial charge in [0.2, 0.25) is 17.7 Å². The third-order valence-corrected chi connectivity index (χ3v) is 15.5. The van der Waals surface area contributed by atoms with Gasteiger partial charge in [-0.15, -0.1) is 0 Å². The average Bonchev–Trinajstić information content (AvgIpc) is 3.75. The van der Waals surface area contributed by atoms with Gasteiger partial charge < -0.3 is 49.2 Å². The molecule has 400 valence electrons. The number of carbonyl (C=O) groups is 6. The van der Waals surface area contributed by atoms with Gasteiger partial charge in [0.25, 0.3) is 0 Å². The Morgan fingerprint density at radius 3 is 2.18 bits per heavy atom. The van der Waals surface area contributed by atoms with Gasteiger partial charge in [-0.3, -0.25) is 33.7 Å². The van der Waals surface area contributed by atoms with E-state index >= 15 is 4.79 Å². The number of aliphatic hydroxyl groups excluding tert-OH is 1. The molecule has 3 amide bonds. The Kier molecular flexibility index (Phi) is 15.5. The van der Waals surface area contributed by atoms with Crippen LogP contribution in [0.4, 0.5) is 5.69 Å². The van der Waals surface area contributed by atoms with Crippen LogP contribution in [0.15, 0.2) is 146 Å². The van der Waals surface area contributed by atoms with Gasteiger partial charge in [-0.05, 0) is 104 Å². The van der Waals surface area contributed by atoms with Gasteiger partial charge in [0.1, 0.15) is 73.5 Å². The van der Waals surface area contributed by atoms with Crippen LogP contribution >= 0.6 is 0 Å². The van der Waals surface area contributed by atoms with E-state index in [0.29, 0.717) is 40.3 Å². The lowest BCUT2D eigenvalue weighted by Crippen LogP contribution is -2.61. The standard InChI is InChI=1S/C60H63N5O12/c1-4-31-75-57(70)48-51-58(71)77-52(38-18-9-6-10-19-38)50(37-16-7-5-8-17-37)65(51)53(60(48)44-22-11-12-23-45(44)62-59(60)72)39-25-27-41(28-26-39)74-33-34-76-56(69)43-36-47-54(67)61-46(24-13-14-29-63(2)3)55(68)64(47)49(43)40-20-15-21-42(35-40)73-32-30-66/h4-12,15-23,25-28,35,43,46-53,66H,1,13-14,24,29-34,36H2,2-3H3,(H,61,67)(H,62,72)/t43-,46+,47-,48-,49-,50-,51-,52+,53+,60-/m1/s1. The number of unbranched alkanes of at least 4 members (excludes halogenated alkanes) is 1. The molecule has 5 aromatic rings. The van der Waals surface area contributed by atoms with Gasteiger partial charge in [0, 0.05) is 5.69 Å². The Bertz CT molecular complexity index is 2990. The zero-order chi connectivity index (χ0) is 53.8. The summed E-state index contributed by atoms with van der Waals surface area (Å²) in [5.41, 5.74) is 2.06. The highest BCUT2D eigenvalue weighted by atomic mass is 16.6. The van der Waals surface area contributed by atoms with Crippen LogP contribution in [0.3, 0.4) is 0 Å². The fourth-order valence-corrected chi connectivity index (χ4v) is 12.3. The Morgan fingerprint density at radius 2 is 1.45 bits per heavy atom. The van der Waals surface area contributed by atoms with Crippen LogP contribution in [-0.4, -0.2) is 127 Å². The molecule has 0 aliphatic carbocycles.